The number of anilines is 2. The lowest BCUT2D eigenvalue weighted by atomic mass is 10.0. The number of piperazine rings is 1. The third-order valence-electron chi connectivity index (χ3n) is 5.06. The first-order chi connectivity index (χ1) is 14.4. The number of benzene rings is 1. The molecule has 3 rings (SSSR count). The summed E-state index contributed by atoms with van der Waals surface area (Å²) in [5.74, 6) is 2.14. The summed E-state index contributed by atoms with van der Waals surface area (Å²) >= 11 is 0. The Morgan fingerprint density at radius 3 is 2.60 bits per heavy atom. The minimum atomic E-state index is -0.162. The smallest absolute Gasteiger partial charge is 0.240 e. The van der Waals surface area contributed by atoms with Crippen LogP contribution in [0.3, 0.4) is 0 Å². The van der Waals surface area contributed by atoms with Crippen molar-refractivity contribution in [3.05, 3.63) is 30.0 Å². The summed E-state index contributed by atoms with van der Waals surface area (Å²) < 4.78 is 11.3. The van der Waals surface area contributed by atoms with Gasteiger partial charge in [0, 0.05) is 31.7 Å². The molecule has 0 aliphatic carbocycles. The van der Waals surface area contributed by atoms with Gasteiger partial charge in [-0.05, 0) is 31.2 Å². The fraction of sp³-hybridized carbons (Fsp3) is 0.476. The third kappa shape index (κ3) is 5.58. The van der Waals surface area contributed by atoms with E-state index in [1.54, 1.807) is 7.11 Å². The van der Waals surface area contributed by atoms with Crippen LogP contribution in [-0.2, 0) is 4.79 Å². The van der Waals surface area contributed by atoms with Crippen molar-refractivity contribution < 1.29 is 14.3 Å². The van der Waals surface area contributed by atoms with Crippen LogP contribution in [0.2, 0.25) is 0 Å². The standard InChI is InChI=1S/C21H30N6O3/c1-14(2)16-11-15(29-4)5-6-17(16)30-18-12-23-21(25-20(18)22)24-19(28)13-27-9-7-26(3)8-10-27/h5-6,11-12,14H,7-10,13H2,1-4H3,(H3,22,23,24,25,28). The van der Waals surface area contributed by atoms with Crippen molar-refractivity contribution in [3.63, 3.8) is 0 Å². The highest BCUT2D eigenvalue weighted by molar-refractivity contribution is 5.90. The van der Waals surface area contributed by atoms with Gasteiger partial charge in [0.1, 0.15) is 11.5 Å². The van der Waals surface area contributed by atoms with Crippen LogP contribution in [0, 0.1) is 0 Å². The van der Waals surface area contributed by atoms with Crippen molar-refractivity contribution in [2.45, 2.75) is 19.8 Å². The lowest BCUT2D eigenvalue weighted by molar-refractivity contribution is -0.117. The molecule has 30 heavy (non-hydrogen) atoms. The Hall–Kier alpha value is -2.91. The molecule has 1 aliphatic rings. The highest BCUT2D eigenvalue weighted by Gasteiger charge is 2.18. The summed E-state index contributed by atoms with van der Waals surface area (Å²) in [6.45, 7) is 8.07. The molecule has 1 saturated heterocycles. The number of rotatable bonds is 7. The van der Waals surface area contributed by atoms with Crippen LogP contribution < -0.4 is 20.5 Å². The molecule has 2 heterocycles. The largest absolute Gasteiger partial charge is 0.497 e. The molecule has 0 bridgehead atoms. The lowest BCUT2D eigenvalue weighted by Gasteiger charge is -2.31. The van der Waals surface area contributed by atoms with Gasteiger partial charge in [0.2, 0.25) is 11.9 Å². The SMILES string of the molecule is COc1ccc(Oc2cnc(NC(=O)CN3CCN(C)CC3)nc2N)c(C(C)C)c1. The third-order valence-corrected chi connectivity index (χ3v) is 5.06. The maximum absolute atomic E-state index is 12.3. The van der Waals surface area contributed by atoms with Crippen LogP contribution in [0.4, 0.5) is 11.8 Å². The number of nitrogen functional groups attached to an aromatic ring is 1. The van der Waals surface area contributed by atoms with Gasteiger partial charge in [-0.3, -0.25) is 15.0 Å². The number of likely N-dealkylation sites (N-methyl/N-ethyl adjacent to an activating group) is 1. The van der Waals surface area contributed by atoms with Crippen molar-refractivity contribution >= 4 is 17.7 Å². The molecule has 0 unspecified atom stereocenters. The van der Waals surface area contributed by atoms with Gasteiger partial charge < -0.3 is 20.1 Å². The van der Waals surface area contributed by atoms with E-state index < -0.39 is 0 Å². The number of hydrogen-bond donors (Lipinski definition) is 2. The second-order valence-electron chi connectivity index (χ2n) is 7.73. The molecular weight excluding hydrogens is 384 g/mol. The Morgan fingerprint density at radius 2 is 1.97 bits per heavy atom. The zero-order valence-electron chi connectivity index (χ0n) is 18.0. The number of amides is 1. The van der Waals surface area contributed by atoms with Crippen molar-refractivity contribution in [2.75, 3.05) is 57.9 Å². The number of methoxy groups -OCH3 is 1. The molecule has 0 spiro atoms. The van der Waals surface area contributed by atoms with Gasteiger partial charge in [-0.25, -0.2) is 4.98 Å². The molecule has 1 fully saturated rings. The summed E-state index contributed by atoms with van der Waals surface area (Å²) in [7, 11) is 3.70. The van der Waals surface area contributed by atoms with Crippen molar-refractivity contribution in [3.8, 4) is 17.2 Å². The maximum Gasteiger partial charge on any atom is 0.240 e. The van der Waals surface area contributed by atoms with E-state index in [1.165, 1.54) is 6.20 Å². The Labute approximate surface area is 177 Å². The fourth-order valence-electron chi connectivity index (χ4n) is 3.21. The Kier molecular flexibility index (Phi) is 7.07. The van der Waals surface area contributed by atoms with E-state index in [4.69, 9.17) is 15.2 Å². The normalized spacial score (nSPS) is 15.2. The lowest BCUT2D eigenvalue weighted by Crippen LogP contribution is -2.47. The topological polar surface area (TPSA) is 106 Å². The highest BCUT2D eigenvalue weighted by Crippen LogP contribution is 2.35. The second kappa shape index (κ2) is 9.73. The average molecular weight is 415 g/mol. The molecule has 1 aromatic carbocycles. The average Bonchev–Trinajstić information content (AvgIpc) is 2.71. The first-order valence-corrected chi connectivity index (χ1v) is 10.0. The predicted octanol–water partition coefficient (Wildman–Crippen LogP) is 2.17. The minimum absolute atomic E-state index is 0.158. The molecular formula is C21H30N6O3. The molecule has 1 amide bonds. The van der Waals surface area contributed by atoms with Gasteiger partial charge in [0.15, 0.2) is 11.6 Å². The van der Waals surface area contributed by atoms with Crippen molar-refractivity contribution in [2.24, 2.45) is 0 Å². The van der Waals surface area contributed by atoms with Crippen LogP contribution >= 0.6 is 0 Å². The molecule has 162 valence electrons. The number of carbonyl (C=O) groups excluding carboxylic acids is 1. The number of aromatic nitrogens is 2. The highest BCUT2D eigenvalue weighted by atomic mass is 16.5. The number of carbonyl (C=O) groups is 1. The maximum atomic E-state index is 12.3. The van der Waals surface area contributed by atoms with E-state index in [9.17, 15) is 4.79 Å². The van der Waals surface area contributed by atoms with E-state index >= 15 is 0 Å². The Balaban J connectivity index is 1.65. The Morgan fingerprint density at radius 1 is 1.23 bits per heavy atom. The zero-order valence-corrected chi connectivity index (χ0v) is 18.0. The van der Waals surface area contributed by atoms with E-state index in [0.29, 0.717) is 18.0 Å². The molecule has 1 aromatic heterocycles. The van der Waals surface area contributed by atoms with E-state index in [0.717, 1.165) is 37.5 Å². The van der Waals surface area contributed by atoms with Gasteiger partial charge >= 0.3 is 0 Å². The van der Waals surface area contributed by atoms with Crippen LogP contribution in [0.15, 0.2) is 24.4 Å². The van der Waals surface area contributed by atoms with Crippen LogP contribution in [0.5, 0.6) is 17.2 Å². The second-order valence-corrected chi connectivity index (χ2v) is 7.73. The molecule has 0 atom stereocenters. The summed E-state index contributed by atoms with van der Waals surface area (Å²) in [5, 5.41) is 2.71. The predicted molar refractivity (Wildman–Crippen MR) is 116 cm³/mol. The van der Waals surface area contributed by atoms with E-state index in [1.807, 2.05) is 18.2 Å². The fourth-order valence-corrected chi connectivity index (χ4v) is 3.21. The monoisotopic (exact) mass is 414 g/mol. The molecule has 3 N–H and O–H groups in total. The van der Waals surface area contributed by atoms with E-state index in [2.05, 4.69) is 46.0 Å². The van der Waals surface area contributed by atoms with E-state index in [-0.39, 0.29) is 23.6 Å². The quantitative estimate of drug-likeness (QED) is 0.710. The summed E-state index contributed by atoms with van der Waals surface area (Å²) in [6, 6.07) is 5.59. The van der Waals surface area contributed by atoms with Gasteiger partial charge in [-0.1, -0.05) is 13.8 Å². The molecule has 0 saturated carbocycles. The summed E-state index contributed by atoms with van der Waals surface area (Å²) in [4.78, 5) is 25.0. The minimum Gasteiger partial charge on any atom is -0.497 e. The van der Waals surface area contributed by atoms with Crippen LogP contribution in [0.1, 0.15) is 25.3 Å². The van der Waals surface area contributed by atoms with Gasteiger partial charge in [0.25, 0.3) is 0 Å². The van der Waals surface area contributed by atoms with Crippen molar-refractivity contribution in [1.82, 2.24) is 19.8 Å². The number of ether oxygens (including phenoxy) is 2. The van der Waals surface area contributed by atoms with Gasteiger partial charge in [-0.2, -0.15) is 4.98 Å². The zero-order chi connectivity index (χ0) is 21.7. The Bertz CT molecular complexity index is 881. The van der Waals surface area contributed by atoms with Crippen LogP contribution in [0.25, 0.3) is 0 Å². The van der Waals surface area contributed by atoms with Gasteiger partial charge in [0.05, 0.1) is 19.9 Å². The number of hydrogen-bond acceptors (Lipinski definition) is 8. The van der Waals surface area contributed by atoms with Gasteiger partial charge in [-0.15, -0.1) is 0 Å². The molecule has 0 radical (unpaired) electrons. The molecule has 9 nitrogen and oxygen atoms in total. The first-order valence-electron chi connectivity index (χ1n) is 10.0. The van der Waals surface area contributed by atoms with Crippen LogP contribution in [-0.4, -0.2) is 72.6 Å². The number of nitrogens with two attached hydrogens (primary N) is 1. The number of nitrogens with one attached hydrogen (secondary N) is 1. The molecule has 2 aromatic rings. The number of nitrogens with zero attached hydrogens (tertiary/aromatic N) is 4. The summed E-state index contributed by atoms with van der Waals surface area (Å²) in [5.41, 5.74) is 7.04. The molecule has 9 heteroatoms. The van der Waals surface area contributed by atoms with Crippen molar-refractivity contribution in [1.29, 1.82) is 0 Å². The first kappa shape index (κ1) is 21.8. The molecule has 1 aliphatic heterocycles. The summed E-state index contributed by atoms with van der Waals surface area (Å²) in [6.07, 6.45) is 1.47.